The summed E-state index contributed by atoms with van der Waals surface area (Å²) < 4.78 is 10.8. The predicted octanol–water partition coefficient (Wildman–Crippen LogP) is 14.1. The molecule has 5 heteroatoms. The molecule has 0 radical (unpaired) electrons. The largest absolute Gasteiger partial charge is 0.466 e. The molecule has 280 valence electrons. The molecule has 0 saturated carbocycles. The molecule has 0 heterocycles. The minimum Gasteiger partial charge on any atom is -0.466 e. The number of esters is 2. The summed E-state index contributed by atoms with van der Waals surface area (Å²) in [6, 6.07) is 0. The van der Waals surface area contributed by atoms with Crippen LogP contribution < -0.4 is 0 Å². The lowest BCUT2D eigenvalue weighted by Gasteiger charge is -2.06. The first-order valence-corrected chi connectivity index (χ1v) is 22.2. The van der Waals surface area contributed by atoms with Crippen LogP contribution in [-0.2, 0) is 19.1 Å². The quantitative estimate of drug-likeness (QED) is 0.0475. The summed E-state index contributed by atoms with van der Waals surface area (Å²) in [7, 11) is 0. The van der Waals surface area contributed by atoms with Crippen molar-refractivity contribution < 1.29 is 19.1 Å². The van der Waals surface area contributed by atoms with Crippen LogP contribution in [0.15, 0.2) is 0 Å². The fraction of sp³-hybridized carbons (Fsp3) is 0.952. The molecule has 0 aliphatic rings. The van der Waals surface area contributed by atoms with Crippen LogP contribution in [0.3, 0.4) is 0 Å². The van der Waals surface area contributed by atoms with Crippen molar-refractivity contribution >= 4 is 23.7 Å². The molecule has 0 aromatic heterocycles. The SMILES string of the molecule is CCCCCCCCCCCCCCCCCC(=O)OCCCSCCCOC(=O)CCCCCCCCCCCCCCCCC. The van der Waals surface area contributed by atoms with Gasteiger partial charge in [0.2, 0.25) is 0 Å². The second-order valence-corrected chi connectivity index (χ2v) is 15.4. The molecule has 4 nitrogen and oxygen atoms in total. The minimum atomic E-state index is -0.0364. The smallest absolute Gasteiger partial charge is 0.305 e. The van der Waals surface area contributed by atoms with Crippen LogP contribution >= 0.6 is 11.8 Å². The van der Waals surface area contributed by atoms with Crippen molar-refractivity contribution in [1.29, 1.82) is 0 Å². The number of thioether (sulfide) groups is 1. The lowest BCUT2D eigenvalue weighted by Crippen LogP contribution is -2.07. The van der Waals surface area contributed by atoms with Crippen molar-refractivity contribution in [3.8, 4) is 0 Å². The Labute approximate surface area is 298 Å². The van der Waals surface area contributed by atoms with E-state index in [4.69, 9.17) is 9.47 Å². The van der Waals surface area contributed by atoms with Gasteiger partial charge in [-0.3, -0.25) is 9.59 Å². The normalized spacial score (nSPS) is 11.3. The maximum Gasteiger partial charge on any atom is 0.305 e. The van der Waals surface area contributed by atoms with E-state index in [1.54, 1.807) is 0 Å². The lowest BCUT2D eigenvalue weighted by atomic mass is 10.0. The van der Waals surface area contributed by atoms with E-state index in [9.17, 15) is 9.59 Å². The Morgan fingerprint density at radius 2 is 0.574 bits per heavy atom. The third kappa shape index (κ3) is 41.4. The molecule has 0 saturated heterocycles. The van der Waals surface area contributed by atoms with Crippen molar-refractivity contribution in [2.45, 2.75) is 232 Å². The predicted molar refractivity (Wildman–Crippen MR) is 208 cm³/mol. The van der Waals surface area contributed by atoms with Crippen molar-refractivity contribution in [1.82, 2.24) is 0 Å². The van der Waals surface area contributed by atoms with Gasteiger partial charge in [0.25, 0.3) is 0 Å². The van der Waals surface area contributed by atoms with Crippen LogP contribution in [0.2, 0.25) is 0 Å². The first-order chi connectivity index (χ1) is 23.2. The average molecular weight is 683 g/mol. The molecule has 0 bridgehead atoms. The third-order valence-corrected chi connectivity index (χ3v) is 10.5. The van der Waals surface area contributed by atoms with Crippen LogP contribution in [0.1, 0.15) is 232 Å². The number of hydrogen-bond donors (Lipinski definition) is 0. The molecule has 0 fully saturated rings. The van der Waals surface area contributed by atoms with Gasteiger partial charge in [0.15, 0.2) is 0 Å². The average Bonchev–Trinajstić information content (AvgIpc) is 3.07. The molecule has 0 rings (SSSR count). The molecular formula is C42H82O4S. The van der Waals surface area contributed by atoms with Crippen molar-refractivity contribution in [2.24, 2.45) is 0 Å². The second-order valence-electron chi connectivity index (χ2n) is 14.2. The highest BCUT2D eigenvalue weighted by Gasteiger charge is 2.04. The van der Waals surface area contributed by atoms with E-state index in [2.05, 4.69) is 13.8 Å². The molecule has 0 aliphatic carbocycles. The number of rotatable bonds is 40. The highest BCUT2D eigenvalue weighted by atomic mass is 32.2. The second kappa shape index (κ2) is 41.5. The number of unbranched alkanes of at least 4 members (excludes halogenated alkanes) is 28. The summed E-state index contributed by atoms with van der Waals surface area (Å²) >= 11 is 1.85. The molecule has 0 aliphatic heterocycles. The van der Waals surface area contributed by atoms with Crippen molar-refractivity contribution in [3.63, 3.8) is 0 Å². The van der Waals surface area contributed by atoms with Crippen LogP contribution in [0, 0.1) is 0 Å². The molecular weight excluding hydrogens is 601 g/mol. The number of ether oxygens (including phenoxy) is 2. The van der Waals surface area contributed by atoms with Gasteiger partial charge in [0.05, 0.1) is 13.2 Å². The third-order valence-electron chi connectivity index (χ3n) is 9.36. The first kappa shape index (κ1) is 46.3. The van der Waals surface area contributed by atoms with Gasteiger partial charge in [0, 0.05) is 12.8 Å². The molecule has 0 unspecified atom stereocenters. The Morgan fingerprint density at radius 1 is 0.340 bits per heavy atom. The fourth-order valence-electron chi connectivity index (χ4n) is 6.22. The Hall–Kier alpha value is -0.710. The molecule has 0 atom stereocenters. The minimum absolute atomic E-state index is 0.0364. The highest BCUT2D eigenvalue weighted by molar-refractivity contribution is 7.99. The highest BCUT2D eigenvalue weighted by Crippen LogP contribution is 2.16. The maximum atomic E-state index is 12.0. The summed E-state index contributed by atoms with van der Waals surface area (Å²) in [5.74, 6) is 1.90. The zero-order valence-electron chi connectivity index (χ0n) is 31.9. The summed E-state index contributed by atoms with van der Waals surface area (Å²) in [6.07, 6.45) is 43.1. The molecule has 0 spiro atoms. The Morgan fingerprint density at radius 3 is 0.830 bits per heavy atom. The first-order valence-electron chi connectivity index (χ1n) is 21.1. The Balaban J connectivity index is 3.23. The van der Waals surface area contributed by atoms with E-state index < -0.39 is 0 Å². The monoisotopic (exact) mass is 683 g/mol. The summed E-state index contributed by atoms with van der Waals surface area (Å²) in [6.45, 7) is 5.62. The molecule has 0 N–H and O–H groups in total. The fourth-order valence-corrected chi connectivity index (χ4v) is 7.07. The van der Waals surface area contributed by atoms with Gasteiger partial charge in [0.1, 0.15) is 0 Å². The van der Waals surface area contributed by atoms with E-state index >= 15 is 0 Å². The topological polar surface area (TPSA) is 52.6 Å². The van der Waals surface area contributed by atoms with Gasteiger partial charge < -0.3 is 9.47 Å². The molecule has 0 amide bonds. The summed E-state index contributed by atoms with van der Waals surface area (Å²) in [4.78, 5) is 23.9. The van der Waals surface area contributed by atoms with Crippen LogP contribution in [0.5, 0.6) is 0 Å². The van der Waals surface area contributed by atoms with E-state index in [0.29, 0.717) is 26.1 Å². The maximum absolute atomic E-state index is 12.0. The number of carbonyl (C=O) groups is 2. The number of carbonyl (C=O) groups excluding carboxylic acids is 2. The van der Waals surface area contributed by atoms with Crippen LogP contribution in [-0.4, -0.2) is 36.7 Å². The van der Waals surface area contributed by atoms with Crippen LogP contribution in [0.4, 0.5) is 0 Å². The summed E-state index contributed by atoms with van der Waals surface area (Å²) in [5.41, 5.74) is 0. The van der Waals surface area contributed by atoms with E-state index in [1.807, 2.05) is 11.8 Å². The molecule has 0 aromatic carbocycles. The van der Waals surface area contributed by atoms with E-state index in [1.165, 1.54) is 167 Å². The molecule has 47 heavy (non-hydrogen) atoms. The van der Waals surface area contributed by atoms with Gasteiger partial charge in [-0.05, 0) is 37.2 Å². The van der Waals surface area contributed by atoms with Gasteiger partial charge in [-0.25, -0.2) is 0 Å². The van der Waals surface area contributed by atoms with E-state index in [0.717, 1.165) is 50.0 Å². The van der Waals surface area contributed by atoms with Gasteiger partial charge in [-0.15, -0.1) is 0 Å². The molecule has 0 aromatic rings. The lowest BCUT2D eigenvalue weighted by molar-refractivity contribution is -0.144. The van der Waals surface area contributed by atoms with Gasteiger partial charge >= 0.3 is 11.9 Å². The Kier molecular flexibility index (Phi) is 40.8. The zero-order valence-corrected chi connectivity index (χ0v) is 32.7. The van der Waals surface area contributed by atoms with Crippen molar-refractivity contribution in [2.75, 3.05) is 24.7 Å². The van der Waals surface area contributed by atoms with Crippen molar-refractivity contribution in [3.05, 3.63) is 0 Å². The van der Waals surface area contributed by atoms with E-state index in [-0.39, 0.29) is 11.9 Å². The standard InChI is InChI=1S/C42H82O4S/c1-3-5-7-9-11-13-15-17-19-21-23-25-27-29-31-35-41(43)45-37-33-39-47-40-34-38-46-42(44)36-32-30-28-26-24-22-20-18-16-14-12-10-8-6-4-2/h3-40H2,1-2H3. The Bertz CT molecular complexity index is 574. The summed E-state index contributed by atoms with van der Waals surface area (Å²) in [5, 5.41) is 0. The van der Waals surface area contributed by atoms with Gasteiger partial charge in [-0.1, -0.05) is 194 Å². The number of hydrogen-bond acceptors (Lipinski definition) is 5. The van der Waals surface area contributed by atoms with Crippen LogP contribution in [0.25, 0.3) is 0 Å². The van der Waals surface area contributed by atoms with Gasteiger partial charge in [-0.2, -0.15) is 11.8 Å². The zero-order chi connectivity index (χ0) is 34.1.